The van der Waals surface area contributed by atoms with Gasteiger partial charge in [-0.15, -0.1) is 0 Å². The number of rotatable bonds is 1. The zero-order chi connectivity index (χ0) is 16.7. The zero-order valence-corrected chi connectivity index (χ0v) is 13.9. The summed E-state index contributed by atoms with van der Waals surface area (Å²) in [6.07, 6.45) is -0.347. The number of hydrogen-bond acceptors (Lipinski definition) is 4. The van der Waals surface area contributed by atoms with Gasteiger partial charge in [-0.3, -0.25) is 4.98 Å². The molecule has 0 spiro atoms. The highest BCUT2D eigenvalue weighted by Gasteiger charge is 2.34. The number of carbonyl (C=O) groups excluding carboxylic acids is 1. The molecule has 1 aliphatic rings. The Kier molecular flexibility index (Phi) is 4.54. The molecule has 2 atom stereocenters. The van der Waals surface area contributed by atoms with E-state index in [4.69, 9.17) is 20.4 Å². The minimum atomic E-state index is -0.534. The van der Waals surface area contributed by atoms with E-state index in [1.54, 1.807) is 4.90 Å². The van der Waals surface area contributed by atoms with Gasteiger partial charge in [0.1, 0.15) is 5.60 Å². The van der Waals surface area contributed by atoms with Crippen LogP contribution in [-0.4, -0.2) is 48.8 Å². The van der Waals surface area contributed by atoms with E-state index >= 15 is 0 Å². The summed E-state index contributed by atoms with van der Waals surface area (Å²) in [5, 5.41) is 0. The Bertz CT molecular complexity index is 585. The summed E-state index contributed by atoms with van der Waals surface area (Å²) in [6, 6.07) is 0. The van der Waals surface area contributed by atoms with Crippen LogP contribution in [0.15, 0.2) is 0 Å². The van der Waals surface area contributed by atoms with E-state index in [9.17, 15) is 4.79 Å². The van der Waals surface area contributed by atoms with Crippen LogP contribution in [0.3, 0.4) is 0 Å². The van der Waals surface area contributed by atoms with Crippen molar-refractivity contribution in [3.05, 3.63) is 17.0 Å². The summed E-state index contributed by atoms with van der Waals surface area (Å²) in [4.78, 5) is 22.6. The maximum absolute atomic E-state index is 12.4. The molecule has 0 N–H and O–H groups in total. The number of aromatic nitrogens is 2. The summed E-state index contributed by atoms with van der Waals surface area (Å²) in [7, 11) is 11.8. The first kappa shape index (κ1) is 16.8. The second-order valence-corrected chi connectivity index (χ2v) is 6.86. The number of ether oxygens (including phenoxy) is 1. The standard InChI is InChI=1S/C15H21B2N3O2/c1-8(16)10-6-20(14(21)22-15(3,4)5)7-11-9(2)18-13(17)19-12(10)11/h8,10H,6-7H2,1-5H3. The molecular formula is C15H21B2N3O2. The first-order chi connectivity index (χ1) is 10.1. The topological polar surface area (TPSA) is 55.3 Å². The highest BCUT2D eigenvalue weighted by molar-refractivity contribution is 6.29. The second kappa shape index (κ2) is 5.93. The molecule has 7 heteroatoms. The highest BCUT2D eigenvalue weighted by Crippen LogP contribution is 2.34. The van der Waals surface area contributed by atoms with Crippen LogP contribution in [-0.2, 0) is 11.3 Å². The molecule has 1 aromatic heterocycles. The molecule has 2 heterocycles. The molecule has 1 aromatic rings. The van der Waals surface area contributed by atoms with Crippen LogP contribution in [0.25, 0.3) is 0 Å². The molecule has 0 saturated heterocycles. The van der Waals surface area contributed by atoms with Crippen molar-refractivity contribution in [2.24, 2.45) is 0 Å². The molecule has 2 rings (SSSR count). The predicted octanol–water partition coefficient (Wildman–Crippen LogP) is 1.39. The lowest BCUT2D eigenvalue weighted by atomic mass is 9.73. The van der Waals surface area contributed by atoms with Crippen molar-refractivity contribution in [3.63, 3.8) is 0 Å². The third-order valence-corrected chi connectivity index (χ3v) is 3.67. The third kappa shape index (κ3) is 3.62. The number of hydrogen-bond donors (Lipinski definition) is 0. The van der Waals surface area contributed by atoms with Crippen molar-refractivity contribution in [2.75, 3.05) is 6.54 Å². The quantitative estimate of drug-likeness (QED) is 0.735. The van der Waals surface area contributed by atoms with Crippen LogP contribution in [0.4, 0.5) is 4.79 Å². The average molecular weight is 297 g/mol. The highest BCUT2D eigenvalue weighted by atomic mass is 16.6. The molecule has 5 nitrogen and oxygen atoms in total. The first-order valence-corrected chi connectivity index (χ1v) is 7.45. The van der Waals surface area contributed by atoms with Gasteiger partial charge >= 0.3 is 6.09 Å². The van der Waals surface area contributed by atoms with Gasteiger partial charge in [0.25, 0.3) is 0 Å². The van der Waals surface area contributed by atoms with Crippen LogP contribution in [0, 0.1) is 6.92 Å². The van der Waals surface area contributed by atoms with E-state index in [1.165, 1.54) is 0 Å². The molecule has 0 saturated carbocycles. The third-order valence-electron chi connectivity index (χ3n) is 3.67. The normalized spacial score (nSPS) is 19.5. The van der Waals surface area contributed by atoms with Crippen molar-refractivity contribution in [2.45, 2.75) is 58.5 Å². The summed E-state index contributed by atoms with van der Waals surface area (Å²) in [6.45, 7) is 10.2. The Morgan fingerprint density at radius 1 is 1.41 bits per heavy atom. The number of aryl methyl sites for hydroxylation is 1. The molecule has 0 fully saturated rings. The fourth-order valence-corrected chi connectivity index (χ4v) is 2.60. The summed E-state index contributed by atoms with van der Waals surface area (Å²) in [5.41, 5.74) is 2.25. The van der Waals surface area contributed by atoms with Crippen molar-refractivity contribution in [3.8, 4) is 0 Å². The Morgan fingerprint density at radius 3 is 2.59 bits per heavy atom. The van der Waals surface area contributed by atoms with E-state index in [1.807, 2.05) is 34.6 Å². The van der Waals surface area contributed by atoms with Gasteiger partial charge in [0.15, 0.2) is 7.85 Å². The van der Waals surface area contributed by atoms with Crippen LogP contribution in [0.5, 0.6) is 0 Å². The summed E-state index contributed by atoms with van der Waals surface area (Å²) < 4.78 is 5.46. The van der Waals surface area contributed by atoms with Crippen molar-refractivity contribution >= 4 is 27.5 Å². The van der Waals surface area contributed by atoms with E-state index < -0.39 is 5.60 Å². The summed E-state index contributed by atoms with van der Waals surface area (Å²) in [5.74, 6) is -0.238. The SMILES string of the molecule is [B]c1nc(C)c2c(n1)C(C([B])C)CN(C(=O)OC(C)(C)C)C2. The lowest BCUT2D eigenvalue weighted by Crippen LogP contribution is -2.43. The molecule has 1 amide bonds. The molecule has 4 radical (unpaired) electrons. The van der Waals surface area contributed by atoms with Crippen molar-refractivity contribution < 1.29 is 9.53 Å². The van der Waals surface area contributed by atoms with Gasteiger partial charge < -0.3 is 9.64 Å². The van der Waals surface area contributed by atoms with E-state index in [0.717, 1.165) is 17.0 Å². The Hall–Kier alpha value is -1.52. The van der Waals surface area contributed by atoms with E-state index in [2.05, 4.69) is 9.97 Å². The molecule has 22 heavy (non-hydrogen) atoms. The van der Waals surface area contributed by atoms with Gasteiger partial charge in [-0.2, -0.15) is 0 Å². The molecule has 114 valence electrons. The Labute approximate surface area is 134 Å². The zero-order valence-electron chi connectivity index (χ0n) is 13.9. The first-order valence-electron chi connectivity index (χ1n) is 7.45. The van der Waals surface area contributed by atoms with Gasteiger partial charge in [-0.1, -0.05) is 12.7 Å². The van der Waals surface area contributed by atoms with Gasteiger partial charge in [0.05, 0.1) is 25.8 Å². The maximum atomic E-state index is 12.4. The van der Waals surface area contributed by atoms with Gasteiger partial charge in [-0.25, -0.2) is 9.78 Å². The fourth-order valence-electron chi connectivity index (χ4n) is 2.60. The monoisotopic (exact) mass is 297 g/mol. The fraction of sp³-hybridized carbons (Fsp3) is 0.667. The molecule has 0 bridgehead atoms. The molecule has 1 aliphatic heterocycles. The van der Waals surface area contributed by atoms with Gasteiger partial charge in [0, 0.05) is 23.7 Å². The minimum absolute atomic E-state index is 0.0831. The largest absolute Gasteiger partial charge is 0.444 e. The number of amides is 1. The predicted molar refractivity (Wildman–Crippen MR) is 86.7 cm³/mol. The van der Waals surface area contributed by atoms with Crippen LogP contribution in [0.2, 0.25) is 5.82 Å². The second-order valence-electron chi connectivity index (χ2n) is 6.86. The van der Waals surface area contributed by atoms with E-state index in [0.29, 0.717) is 13.1 Å². The minimum Gasteiger partial charge on any atom is -0.444 e. The number of fused-ring (bicyclic) bond motifs is 1. The lowest BCUT2D eigenvalue weighted by Gasteiger charge is -2.37. The van der Waals surface area contributed by atoms with Crippen LogP contribution < -0.4 is 5.72 Å². The summed E-state index contributed by atoms with van der Waals surface area (Å²) >= 11 is 0. The van der Waals surface area contributed by atoms with Gasteiger partial charge in [-0.05, 0) is 27.7 Å². The molecular weight excluding hydrogens is 276 g/mol. The van der Waals surface area contributed by atoms with Crippen LogP contribution >= 0.6 is 0 Å². The maximum Gasteiger partial charge on any atom is 0.410 e. The Morgan fingerprint density at radius 2 is 2.05 bits per heavy atom. The number of nitrogens with zero attached hydrogens (tertiary/aromatic N) is 3. The molecule has 0 aliphatic carbocycles. The van der Waals surface area contributed by atoms with Crippen molar-refractivity contribution in [1.29, 1.82) is 0 Å². The van der Waals surface area contributed by atoms with Gasteiger partial charge in [0.2, 0.25) is 0 Å². The lowest BCUT2D eigenvalue weighted by molar-refractivity contribution is 0.0202. The molecule has 0 aromatic carbocycles. The van der Waals surface area contributed by atoms with Crippen LogP contribution in [0.1, 0.15) is 50.6 Å². The number of carbonyl (C=O) groups is 1. The van der Waals surface area contributed by atoms with Crippen molar-refractivity contribution in [1.82, 2.24) is 14.9 Å². The smallest absolute Gasteiger partial charge is 0.410 e. The molecule has 2 unspecified atom stereocenters. The Balaban J connectivity index is 2.35. The van der Waals surface area contributed by atoms with E-state index in [-0.39, 0.29) is 23.6 Å². The average Bonchev–Trinajstić information content (AvgIpc) is 2.35.